The zero-order valence-electron chi connectivity index (χ0n) is 9.56. The van der Waals surface area contributed by atoms with Gasteiger partial charge in [-0.2, -0.15) is 5.10 Å². The SMILES string of the molecule is Cc1c(Br)cnn1C1CC2(C1)CN(C(=O)O)C2. The van der Waals surface area contributed by atoms with Crippen LogP contribution in [0.25, 0.3) is 0 Å². The summed E-state index contributed by atoms with van der Waals surface area (Å²) in [6.07, 6.45) is 3.12. The van der Waals surface area contributed by atoms with Gasteiger partial charge >= 0.3 is 6.09 Å². The van der Waals surface area contributed by atoms with Gasteiger partial charge in [0.2, 0.25) is 0 Å². The minimum Gasteiger partial charge on any atom is -0.465 e. The maximum Gasteiger partial charge on any atom is 0.407 e. The van der Waals surface area contributed by atoms with Crippen LogP contribution < -0.4 is 0 Å². The number of carboxylic acid groups (broad SMARTS) is 1. The molecular formula is C11H14BrN3O2. The average molecular weight is 300 g/mol. The van der Waals surface area contributed by atoms with E-state index in [9.17, 15) is 4.79 Å². The standard InChI is InChI=1S/C11H14BrN3O2/c1-7-9(12)4-13-15(7)8-2-11(3-8)5-14(6-11)10(16)17/h4,8H,2-3,5-6H2,1H3,(H,16,17). The lowest BCUT2D eigenvalue weighted by molar-refractivity contribution is -0.0775. The first-order valence-corrected chi connectivity index (χ1v) is 6.48. The summed E-state index contributed by atoms with van der Waals surface area (Å²) in [7, 11) is 0. The highest BCUT2D eigenvalue weighted by atomic mass is 79.9. The Labute approximate surface area is 108 Å². The van der Waals surface area contributed by atoms with Gasteiger partial charge < -0.3 is 10.0 Å². The van der Waals surface area contributed by atoms with Crippen molar-refractivity contribution in [2.45, 2.75) is 25.8 Å². The lowest BCUT2D eigenvalue weighted by atomic mass is 9.61. The molecule has 0 aromatic carbocycles. The van der Waals surface area contributed by atoms with Crippen LogP contribution in [0, 0.1) is 12.3 Å². The lowest BCUT2D eigenvalue weighted by Gasteiger charge is -2.58. The maximum atomic E-state index is 10.7. The number of hydrogen-bond acceptors (Lipinski definition) is 2. The molecule has 1 aromatic heterocycles. The second kappa shape index (κ2) is 3.48. The van der Waals surface area contributed by atoms with Gasteiger partial charge in [0.25, 0.3) is 0 Å². The Morgan fingerprint density at radius 3 is 2.71 bits per heavy atom. The average Bonchev–Trinajstić information content (AvgIpc) is 2.44. The van der Waals surface area contributed by atoms with Gasteiger partial charge in [-0.1, -0.05) is 0 Å². The molecule has 0 atom stereocenters. The van der Waals surface area contributed by atoms with E-state index >= 15 is 0 Å². The van der Waals surface area contributed by atoms with Crippen LogP contribution in [0.15, 0.2) is 10.7 Å². The van der Waals surface area contributed by atoms with E-state index < -0.39 is 6.09 Å². The Balaban J connectivity index is 1.63. The normalized spacial score (nSPS) is 22.4. The molecule has 1 saturated carbocycles. The molecule has 2 fully saturated rings. The third-order valence-corrected chi connectivity index (χ3v) is 4.77. The van der Waals surface area contributed by atoms with E-state index in [4.69, 9.17) is 5.11 Å². The summed E-state index contributed by atoms with van der Waals surface area (Å²) >= 11 is 3.46. The van der Waals surface area contributed by atoms with Gasteiger partial charge in [0.1, 0.15) is 0 Å². The first-order valence-electron chi connectivity index (χ1n) is 5.68. The van der Waals surface area contributed by atoms with Crippen LogP contribution in [0.2, 0.25) is 0 Å². The summed E-state index contributed by atoms with van der Waals surface area (Å²) in [4.78, 5) is 12.2. The third-order valence-electron chi connectivity index (χ3n) is 3.99. The number of carbonyl (C=O) groups is 1. The molecule has 3 rings (SSSR count). The topological polar surface area (TPSA) is 58.4 Å². The van der Waals surface area contributed by atoms with Gasteiger partial charge in [-0.15, -0.1) is 0 Å². The molecule has 2 heterocycles. The summed E-state index contributed by atoms with van der Waals surface area (Å²) < 4.78 is 3.10. The molecule has 17 heavy (non-hydrogen) atoms. The zero-order chi connectivity index (χ0) is 12.2. The number of likely N-dealkylation sites (tertiary alicyclic amines) is 1. The quantitative estimate of drug-likeness (QED) is 0.865. The predicted octanol–water partition coefficient (Wildman–Crippen LogP) is 2.27. The van der Waals surface area contributed by atoms with Crippen molar-refractivity contribution in [3.63, 3.8) is 0 Å². The van der Waals surface area contributed by atoms with Crippen LogP contribution in [0.5, 0.6) is 0 Å². The van der Waals surface area contributed by atoms with Gasteiger partial charge in [-0.3, -0.25) is 4.68 Å². The predicted molar refractivity (Wildman–Crippen MR) is 65.0 cm³/mol. The molecule has 6 heteroatoms. The first kappa shape index (κ1) is 11.1. The summed E-state index contributed by atoms with van der Waals surface area (Å²) in [5, 5.41) is 13.2. The highest BCUT2D eigenvalue weighted by molar-refractivity contribution is 9.10. The fourth-order valence-corrected chi connectivity index (χ4v) is 3.31. The molecule has 2 aliphatic rings. The second-order valence-corrected chi connectivity index (χ2v) is 6.08. The minimum absolute atomic E-state index is 0.244. The van der Waals surface area contributed by atoms with Crippen LogP contribution >= 0.6 is 15.9 Å². The van der Waals surface area contributed by atoms with E-state index in [0.29, 0.717) is 19.1 Å². The van der Waals surface area contributed by atoms with E-state index in [-0.39, 0.29) is 5.41 Å². The minimum atomic E-state index is -0.794. The van der Waals surface area contributed by atoms with Gasteiger partial charge in [-0.25, -0.2) is 4.79 Å². The Morgan fingerprint density at radius 2 is 2.24 bits per heavy atom. The molecule has 0 radical (unpaired) electrons. The van der Waals surface area contributed by atoms with Crippen molar-refractivity contribution in [1.82, 2.24) is 14.7 Å². The van der Waals surface area contributed by atoms with Crippen LogP contribution in [0.3, 0.4) is 0 Å². The molecule has 0 unspecified atom stereocenters. The zero-order valence-corrected chi connectivity index (χ0v) is 11.1. The highest BCUT2D eigenvalue weighted by Gasteiger charge is 2.54. The van der Waals surface area contributed by atoms with E-state index in [2.05, 4.69) is 25.7 Å². The highest BCUT2D eigenvalue weighted by Crippen LogP contribution is 2.54. The Morgan fingerprint density at radius 1 is 1.59 bits per heavy atom. The summed E-state index contributed by atoms with van der Waals surface area (Å²) in [6.45, 7) is 3.44. The maximum absolute atomic E-state index is 10.7. The summed E-state index contributed by atoms with van der Waals surface area (Å²) in [5.41, 5.74) is 1.40. The van der Waals surface area contributed by atoms with E-state index in [1.807, 2.05) is 13.1 Å². The molecule has 92 valence electrons. The molecular weight excluding hydrogens is 286 g/mol. The van der Waals surface area contributed by atoms with Crippen molar-refractivity contribution in [1.29, 1.82) is 0 Å². The number of amides is 1. The second-order valence-electron chi connectivity index (χ2n) is 5.22. The van der Waals surface area contributed by atoms with E-state index in [1.54, 1.807) is 0 Å². The molecule has 1 saturated heterocycles. The fraction of sp³-hybridized carbons (Fsp3) is 0.636. The molecule has 0 bridgehead atoms. The van der Waals surface area contributed by atoms with Gasteiger partial charge in [0.05, 0.1) is 16.7 Å². The van der Waals surface area contributed by atoms with E-state index in [1.165, 1.54) is 4.90 Å². The largest absolute Gasteiger partial charge is 0.465 e. The number of rotatable bonds is 1. The van der Waals surface area contributed by atoms with Crippen LogP contribution in [0.1, 0.15) is 24.6 Å². The van der Waals surface area contributed by atoms with Crippen molar-refractivity contribution in [3.8, 4) is 0 Å². The first-order chi connectivity index (χ1) is 8.01. The number of halogens is 1. The molecule has 1 aliphatic carbocycles. The van der Waals surface area contributed by atoms with Crippen LogP contribution in [-0.2, 0) is 0 Å². The van der Waals surface area contributed by atoms with Crippen molar-refractivity contribution in [2.24, 2.45) is 5.41 Å². The van der Waals surface area contributed by atoms with Crippen LogP contribution in [0.4, 0.5) is 4.79 Å². The molecule has 1 aromatic rings. The molecule has 5 nitrogen and oxygen atoms in total. The van der Waals surface area contributed by atoms with E-state index in [0.717, 1.165) is 23.0 Å². The Kier molecular flexibility index (Phi) is 2.26. The van der Waals surface area contributed by atoms with Gasteiger partial charge in [0, 0.05) is 24.2 Å². The fourth-order valence-electron chi connectivity index (χ4n) is 3.04. The third kappa shape index (κ3) is 1.57. The molecule has 1 N–H and O–H groups in total. The molecule has 1 aliphatic heterocycles. The Hall–Kier alpha value is -1.04. The molecule has 1 spiro atoms. The number of nitrogens with zero attached hydrogens (tertiary/aromatic N) is 3. The Bertz CT molecular complexity index is 471. The van der Waals surface area contributed by atoms with Gasteiger partial charge in [0.15, 0.2) is 0 Å². The monoisotopic (exact) mass is 299 g/mol. The van der Waals surface area contributed by atoms with Gasteiger partial charge in [-0.05, 0) is 35.7 Å². The van der Waals surface area contributed by atoms with Crippen molar-refractivity contribution < 1.29 is 9.90 Å². The smallest absolute Gasteiger partial charge is 0.407 e. The number of hydrogen-bond donors (Lipinski definition) is 1. The summed E-state index contributed by atoms with van der Waals surface area (Å²) in [6, 6.07) is 0.442. The summed E-state index contributed by atoms with van der Waals surface area (Å²) in [5.74, 6) is 0. The van der Waals surface area contributed by atoms with Crippen LogP contribution in [-0.4, -0.2) is 39.0 Å². The lowest BCUT2D eigenvalue weighted by Crippen LogP contribution is -2.63. The van der Waals surface area contributed by atoms with Crippen molar-refractivity contribution in [3.05, 3.63) is 16.4 Å². The van der Waals surface area contributed by atoms with Crippen molar-refractivity contribution in [2.75, 3.05) is 13.1 Å². The molecule has 1 amide bonds. The van der Waals surface area contributed by atoms with Crippen molar-refractivity contribution >= 4 is 22.0 Å². The number of aromatic nitrogens is 2.